The van der Waals surface area contributed by atoms with Gasteiger partial charge in [-0.05, 0) is 19.8 Å². The van der Waals surface area contributed by atoms with E-state index in [0.717, 1.165) is 12.8 Å². The van der Waals surface area contributed by atoms with E-state index in [2.05, 4.69) is 31.6 Å². The van der Waals surface area contributed by atoms with E-state index in [1.807, 2.05) is 0 Å². The summed E-state index contributed by atoms with van der Waals surface area (Å²) in [5, 5.41) is 20.8. The van der Waals surface area contributed by atoms with Gasteiger partial charge in [-0.2, -0.15) is 19.6 Å². The summed E-state index contributed by atoms with van der Waals surface area (Å²) >= 11 is 0. The maximum Gasteiger partial charge on any atom is 0.249 e. The highest BCUT2D eigenvalue weighted by Crippen LogP contribution is 2.35. The molecule has 1 saturated carbocycles. The Hall–Kier alpha value is -3.37. The molecule has 12 nitrogen and oxygen atoms in total. The average Bonchev–Trinajstić information content (AvgIpc) is 3.34. The Kier molecular flexibility index (Phi) is 4.72. The maximum absolute atomic E-state index is 12.2. The van der Waals surface area contributed by atoms with Crippen LogP contribution >= 0.6 is 0 Å². The standard InChI is InChI=1S/C19H21N9O3S/c1-2-32(30,31)26-11-19(12-26,5-6-20)28-10-14(9-22-28)15-16-23-18(24-17(29)13-3-4-13)25-27(16)8-7-21-15/h7-10,13H,2-5,11-12H2,1H3,(H,24,25,29). The molecule has 13 heteroatoms. The van der Waals surface area contributed by atoms with Crippen LogP contribution in [0.2, 0.25) is 0 Å². The summed E-state index contributed by atoms with van der Waals surface area (Å²) in [5.41, 5.74) is 0.897. The number of hydrogen-bond acceptors (Lipinski definition) is 8. The van der Waals surface area contributed by atoms with Gasteiger partial charge in [-0.25, -0.2) is 12.9 Å². The molecular weight excluding hydrogens is 434 g/mol. The molecule has 5 rings (SSSR count). The average molecular weight is 456 g/mol. The highest BCUT2D eigenvalue weighted by atomic mass is 32.2. The van der Waals surface area contributed by atoms with Crippen LogP contribution in [-0.4, -0.2) is 66.8 Å². The van der Waals surface area contributed by atoms with Crippen molar-refractivity contribution in [2.75, 3.05) is 24.2 Å². The number of nitrogens with one attached hydrogen (secondary N) is 1. The SMILES string of the molecule is CCS(=O)(=O)N1CC(CC#N)(n2cc(-c3nccn4nc(NC(=O)C5CC5)nc34)cn2)C1. The van der Waals surface area contributed by atoms with Gasteiger partial charge in [0.1, 0.15) is 11.2 Å². The summed E-state index contributed by atoms with van der Waals surface area (Å²) < 4.78 is 28.9. The number of aromatic nitrogens is 6. The Morgan fingerprint density at radius 1 is 1.38 bits per heavy atom. The van der Waals surface area contributed by atoms with Crippen molar-refractivity contribution in [2.45, 2.75) is 31.7 Å². The summed E-state index contributed by atoms with van der Waals surface area (Å²) in [6, 6.07) is 2.15. The fraction of sp³-hybridized carbons (Fsp3) is 0.474. The third kappa shape index (κ3) is 3.41. The molecule has 0 radical (unpaired) electrons. The second-order valence-electron chi connectivity index (χ2n) is 8.14. The number of nitriles is 1. The molecule has 3 aromatic rings. The van der Waals surface area contributed by atoms with E-state index >= 15 is 0 Å². The van der Waals surface area contributed by atoms with Gasteiger partial charge in [0.25, 0.3) is 0 Å². The highest BCUT2D eigenvalue weighted by Gasteiger charge is 2.49. The molecule has 4 heterocycles. The summed E-state index contributed by atoms with van der Waals surface area (Å²) in [7, 11) is -3.33. The number of fused-ring (bicyclic) bond motifs is 1. The molecule has 32 heavy (non-hydrogen) atoms. The molecule has 0 aromatic carbocycles. The Bertz CT molecular complexity index is 1340. The molecule has 1 amide bonds. The van der Waals surface area contributed by atoms with Crippen molar-refractivity contribution in [1.82, 2.24) is 33.7 Å². The van der Waals surface area contributed by atoms with Crippen LogP contribution in [0.1, 0.15) is 26.2 Å². The molecule has 2 aliphatic rings. The van der Waals surface area contributed by atoms with Gasteiger partial charge in [-0.1, -0.05) is 0 Å². The molecule has 1 aliphatic heterocycles. The molecular formula is C19H21N9O3S. The molecule has 3 aromatic heterocycles. The van der Waals surface area contributed by atoms with Crippen molar-refractivity contribution >= 4 is 27.5 Å². The lowest BCUT2D eigenvalue weighted by Gasteiger charge is -2.47. The summed E-state index contributed by atoms with van der Waals surface area (Å²) in [4.78, 5) is 20.9. The molecule has 0 spiro atoms. The van der Waals surface area contributed by atoms with Crippen LogP contribution in [0.25, 0.3) is 16.9 Å². The van der Waals surface area contributed by atoms with Gasteiger partial charge >= 0.3 is 0 Å². The zero-order chi connectivity index (χ0) is 22.5. The second kappa shape index (κ2) is 7.35. The van der Waals surface area contributed by atoms with Crippen LogP contribution in [0.4, 0.5) is 5.95 Å². The number of amides is 1. The fourth-order valence-electron chi connectivity index (χ4n) is 3.81. The van der Waals surface area contributed by atoms with Crippen LogP contribution in [-0.2, 0) is 20.4 Å². The van der Waals surface area contributed by atoms with E-state index in [9.17, 15) is 18.5 Å². The fourth-order valence-corrected chi connectivity index (χ4v) is 5.05. The monoisotopic (exact) mass is 455 g/mol. The predicted octanol–water partition coefficient (Wildman–Crippen LogP) is 0.611. The first kappa shape index (κ1) is 20.5. The maximum atomic E-state index is 12.2. The molecule has 2 fully saturated rings. The van der Waals surface area contributed by atoms with Crippen molar-refractivity contribution in [3.05, 3.63) is 24.8 Å². The van der Waals surface area contributed by atoms with Gasteiger partial charge in [0.15, 0.2) is 5.65 Å². The molecule has 1 N–H and O–H groups in total. The van der Waals surface area contributed by atoms with Crippen LogP contribution < -0.4 is 5.32 Å². The van der Waals surface area contributed by atoms with Gasteiger partial charge in [0.05, 0.1) is 24.4 Å². The van der Waals surface area contributed by atoms with Gasteiger partial charge in [-0.3, -0.25) is 19.8 Å². The lowest BCUT2D eigenvalue weighted by molar-refractivity contribution is -0.117. The first-order chi connectivity index (χ1) is 15.3. The minimum Gasteiger partial charge on any atom is -0.293 e. The molecule has 0 bridgehead atoms. The smallest absolute Gasteiger partial charge is 0.249 e. The van der Waals surface area contributed by atoms with Crippen molar-refractivity contribution in [3.8, 4) is 17.3 Å². The van der Waals surface area contributed by atoms with Crippen molar-refractivity contribution in [1.29, 1.82) is 5.26 Å². The van der Waals surface area contributed by atoms with Gasteiger partial charge in [0, 0.05) is 43.2 Å². The van der Waals surface area contributed by atoms with Crippen molar-refractivity contribution in [3.63, 3.8) is 0 Å². The quantitative estimate of drug-likeness (QED) is 0.544. The van der Waals surface area contributed by atoms with E-state index in [1.54, 1.807) is 36.4 Å². The van der Waals surface area contributed by atoms with Crippen LogP contribution in [0, 0.1) is 17.2 Å². The zero-order valence-electron chi connectivity index (χ0n) is 17.3. The number of rotatable bonds is 7. The second-order valence-corrected chi connectivity index (χ2v) is 10.4. The Labute approximate surface area is 183 Å². The highest BCUT2D eigenvalue weighted by molar-refractivity contribution is 7.89. The van der Waals surface area contributed by atoms with E-state index in [4.69, 9.17) is 0 Å². The third-order valence-electron chi connectivity index (χ3n) is 5.89. The molecule has 1 aliphatic carbocycles. The van der Waals surface area contributed by atoms with E-state index < -0.39 is 15.6 Å². The van der Waals surface area contributed by atoms with Gasteiger partial charge < -0.3 is 0 Å². The Balaban J connectivity index is 1.44. The van der Waals surface area contributed by atoms with Crippen LogP contribution in [0.3, 0.4) is 0 Å². The number of nitrogens with zero attached hydrogens (tertiary/aromatic N) is 8. The number of hydrogen-bond donors (Lipinski definition) is 1. The third-order valence-corrected chi connectivity index (χ3v) is 7.66. The summed E-state index contributed by atoms with van der Waals surface area (Å²) in [6.45, 7) is 1.98. The van der Waals surface area contributed by atoms with Crippen molar-refractivity contribution in [2.24, 2.45) is 5.92 Å². The zero-order valence-corrected chi connectivity index (χ0v) is 18.2. The Morgan fingerprint density at radius 3 is 2.84 bits per heavy atom. The number of carbonyl (C=O) groups excluding carboxylic acids is 1. The lowest BCUT2D eigenvalue weighted by Crippen LogP contribution is -2.64. The van der Waals surface area contributed by atoms with E-state index in [0.29, 0.717) is 16.9 Å². The minimum atomic E-state index is -3.33. The van der Waals surface area contributed by atoms with Gasteiger partial charge in [0.2, 0.25) is 21.9 Å². The van der Waals surface area contributed by atoms with Gasteiger partial charge in [-0.15, -0.1) is 5.10 Å². The number of sulfonamides is 1. The summed E-state index contributed by atoms with van der Waals surface area (Å²) in [5.74, 6) is 0.174. The molecule has 166 valence electrons. The normalized spacial score (nSPS) is 18.2. The number of carbonyl (C=O) groups is 1. The van der Waals surface area contributed by atoms with E-state index in [1.165, 1.54) is 8.82 Å². The minimum absolute atomic E-state index is 0.0123. The topological polar surface area (TPSA) is 151 Å². The first-order valence-corrected chi connectivity index (χ1v) is 11.9. The van der Waals surface area contributed by atoms with Crippen molar-refractivity contribution < 1.29 is 13.2 Å². The first-order valence-electron chi connectivity index (χ1n) is 10.3. The molecule has 0 atom stereocenters. The largest absolute Gasteiger partial charge is 0.293 e. The lowest BCUT2D eigenvalue weighted by atomic mass is 9.89. The van der Waals surface area contributed by atoms with Crippen LogP contribution in [0.5, 0.6) is 0 Å². The predicted molar refractivity (Wildman–Crippen MR) is 113 cm³/mol. The Morgan fingerprint density at radius 2 is 2.16 bits per heavy atom. The van der Waals surface area contributed by atoms with E-state index in [-0.39, 0.29) is 43.0 Å². The molecule has 0 unspecified atom stereocenters. The van der Waals surface area contributed by atoms with Crippen LogP contribution in [0.15, 0.2) is 24.8 Å². The molecule has 1 saturated heterocycles. The number of anilines is 1. The summed E-state index contributed by atoms with van der Waals surface area (Å²) in [6.07, 6.45) is 8.45.